The van der Waals surface area contributed by atoms with Gasteiger partial charge in [-0.1, -0.05) is 18.7 Å². The van der Waals surface area contributed by atoms with Crippen molar-refractivity contribution in [3.8, 4) is 17.2 Å². The van der Waals surface area contributed by atoms with Crippen LogP contribution in [-0.2, 0) is 5.88 Å². The van der Waals surface area contributed by atoms with Gasteiger partial charge in [-0.05, 0) is 54.5 Å². The Labute approximate surface area is 124 Å². The number of alkyl halides is 1. The predicted octanol–water partition coefficient (Wildman–Crippen LogP) is 5.17. The highest BCUT2D eigenvalue weighted by atomic mass is 35.5. The first kappa shape index (κ1) is 14.5. The van der Waals surface area contributed by atoms with Gasteiger partial charge in [-0.3, -0.25) is 0 Å². The zero-order chi connectivity index (χ0) is 14.4. The highest BCUT2D eigenvalue weighted by Crippen LogP contribution is 2.24. The van der Waals surface area contributed by atoms with Gasteiger partial charge in [0.1, 0.15) is 23.9 Å². The molecule has 0 amide bonds. The molecule has 0 aliphatic rings. The maximum atomic E-state index is 5.75. The third-order valence-corrected chi connectivity index (χ3v) is 2.93. The van der Waals surface area contributed by atoms with Crippen molar-refractivity contribution in [2.24, 2.45) is 0 Å². The van der Waals surface area contributed by atoms with Crippen molar-refractivity contribution in [3.05, 3.63) is 66.2 Å². The number of hydrogen-bond donors (Lipinski definition) is 0. The van der Waals surface area contributed by atoms with Crippen molar-refractivity contribution in [1.82, 2.24) is 0 Å². The Morgan fingerprint density at radius 3 is 1.95 bits per heavy atom. The highest BCUT2D eigenvalue weighted by molar-refractivity contribution is 6.17. The summed E-state index contributed by atoms with van der Waals surface area (Å²) in [7, 11) is 0. The predicted molar refractivity (Wildman–Crippen MR) is 82.8 cm³/mol. The Morgan fingerprint density at radius 2 is 1.45 bits per heavy atom. The van der Waals surface area contributed by atoms with E-state index in [1.165, 1.54) is 0 Å². The zero-order valence-corrected chi connectivity index (χ0v) is 12.2. The molecule has 0 radical (unpaired) electrons. The van der Waals surface area contributed by atoms with Crippen molar-refractivity contribution < 1.29 is 9.47 Å². The smallest absolute Gasteiger partial charge is 0.127 e. The van der Waals surface area contributed by atoms with Crippen molar-refractivity contribution in [1.29, 1.82) is 0 Å². The summed E-state index contributed by atoms with van der Waals surface area (Å²) in [4.78, 5) is 0. The van der Waals surface area contributed by atoms with Crippen LogP contribution in [0.25, 0.3) is 0 Å². The van der Waals surface area contributed by atoms with Gasteiger partial charge < -0.3 is 9.47 Å². The fourth-order valence-corrected chi connectivity index (χ4v) is 1.77. The lowest BCUT2D eigenvalue weighted by Crippen LogP contribution is -1.97. The van der Waals surface area contributed by atoms with Crippen LogP contribution in [0.15, 0.2) is 60.7 Å². The number of rotatable bonds is 6. The minimum absolute atomic E-state index is 0.509. The van der Waals surface area contributed by atoms with E-state index in [1.807, 2.05) is 55.5 Å². The molecule has 2 aromatic carbocycles. The van der Waals surface area contributed by atoms with Crippen LogP contribution in [0.5, 0.6) is 17.2 Å². The first-order chi connectivity index (χ1) is 9.67. The first-order valence-electron chi connectivity index (χ1n) is 6.37. The lowest BCUT2D eigenvalue weighted by molar-refractivity contribution is 0.352. The Bertz CT molecular complexity index is 559. The number of ether oxygens (including phenoxy) is 2. The number of benzene rings is 2. The lowest BCUT2D eigenvalue weighted by atomic mass is 10.2. The molecule has 0 heterocycles. The van der Waals surface area contributed by atoms with Crippen LogP contribution in [0.2, 0.25) is 0 Å². The summed E-state index contributed by atoms with van der Waals surface area (Å²) in [6.45, 7) is 6.26. The van der Waals surface area contributed by atoms with E-state index in [-0.39, 0.29) is 0 Å². The summed E-state index contributed by atoms with van der Waals surface area (Å²) in [6.07, 6.45) is 0. The maximum Gasteiger partial charge on any atom is 0.127 e. The van der Waals surface area contributed by atoms with Crippen LogP contribution in [0, 0.1) is 0 Å². The Kier molecular flexibility index (Phi) is 5.08. The molecule has 0 N–H and O–H groups in total. The van der Waals surface area contributed by atoms with Gasteiger partial charge in [0.25, 0.3) is 0 Å². The standard InChI is InChI=1S/C17H17ClO2/c1-13(2)12-19-15-7-9-17(10-8-15)20-16-5-3-14(11-18)4-6-16/h3-10H,1,11-12H2,2H3. The average molecular weight is 289 g/mol. The molecular weight excluding hydrogens is 272 g/mol. The Hall–Kier alpha value is -1.93. The van der Waals surface area contributed by atoms with Crippen LogP contribution >= 0.6 is 11.6 Å². The van der Waals surface area contributed by atoms with Crippen LogP contribution in [-0.4, -0.2) is 6.61 Å². The molecule has 2 nitrogen and oxygen atoms in total. The molecule has 2 rings (SSSR count). The maximum absolute atomic E-state index is 5.75. The van der Waals surface area contributed by atoms with Gasteiger partial charge in [-0.25, -0.2) is 0 Å². The van der Waals surface area contributed by atoms with E-state index in [9.17, 15) is 0 Å². The fourth-order valence-electron chi connectivity index (χ4n) is 1.59. The molecule has 0 fully saturated rings. The van der Waals surface area contributed by atoms with Crippen LogP contribution in [0.3, 0.4) is 0 Å². The van der Waals surface area contributed by atoms with E-state index in [0.29, 0.717) is 12.5 Å². The molecule has 0 saturated heterocycles. The molecule has 0 saturated carbocycles. The van der Waals surface area contributed by atoms with Gasteiger partial charge in [0.15, 0.2) is 0 Å². The van der Waals surface area contributed by atoms with Gasteiger partial charge in [0.05, 0.1) is 0 Å². The highest BCUT2D eigenvalue weighted by Gasteiger charge is 1.99. The molecule has 0 aliphatic heterocycles. The Morgan fingerprint density at radius 1 is 0.950 bits per heavy atom. The normalized spacial score (nSPS) is 10.1. The van der Waals surface area contributed by atoms with E-state index < -0.39 is 0 Å². The fraction of sp³-hybridized carbons (Fsp3) is 0.176. The van der Waals surface area contributed by atoms with Gasteiger partial charge in [0, 0.05) is 5.88 Å². The van der Waals surface area contributed by atoms with E-state index in [2.05, 4.69) is 6.58 Å². The monoisotopic (exact) mass is 288 g/mol. The largest absolute Gasteiger partial charge is 0.489 e. The second-order valence-electron chi connectivity index (χ2n) is 4.60. The van der Waals surface area contributed by atoms with E-state index in [0.717, 1.165) is 28.4 Å². The van der Waals surface area contributed by atoms with Crippen molar-refractivity contribution in [2.45, 2.75) is 12.8 Å². The summed E-state index contributed by atoms with van der Waals surface area (Å²) in [6, 6.07) is 15.2. The van der Waals surface area contributed by atoms with Gasteiger partial charge in [-0.2, -0.15) is 0 Å². The topological polar surface area (TPSA) is 18.5 Å². The van der Waals surface area contributed by atoms with Crippen molar-refractivity contribution in [2.75, 3.05) is 6.61 Å². The summed E-state index contributed by atoms with van der Waals surface area (Å²) in [5.74, 6) is 2.87. The quantitative estimate of drug-likeness (QED) is 0.539. The summed E-state index contributed by atoms with van der Waals surface area (Å²) in [5, 5.41) is 0. The van der Waals surface area contributed by atoms with E-state index in [1.54, 1.807) is 0 Å². The second-order valence-corrected chi connectivity index (χ2v) is 4.86. The molecule has 0 spiro atoms. The average Bonchev–Trinajstić information content (AvgIpc) is 2.47. The molecule has 20 heavy (non-hydrogen) atoms. The number of halogens is 1. The molecule has 0 bridgehead atoms. The molecule has 0 atom stereocenters. The number of hydrogen-bond acceptors (Lipinski definition) is 2. The molecule has 0 unspecified atom stereocenters. The first-order valence-corrected chi connectivity index (χ1v) is 6.91. The van der Waals surface area contributed by atoms with Crippen LogP contribution in [0.4, 0.5) is 0 Å². The van der Waals surface area contributed by atoms with Crippen LogP contribution in [0.1, 0.15) is 12.5 Å². The van der Waals surface area contributed by atoms with E-state index in [4.69, 9.17) is 21.1 Å². The molecular formula is C17H17ClO2. The SMILES string of the molecule is C=C(C)COc1ccc(Oc2ccc(CCl)cc2)cc1. The molecule has 0 aliphatic carbocycles. The summed E-state index contributed by atoms with van der Waals surface area (Å²) < 4.78 is 11.3. The molecule has 2 aromatic rings. The van der Waals surface area contributed by atoms with Crippen molar-refractivity contribution >= 4 is 11.6 Å². The molecule has 3 heteroatoms. The second kappa shape index (κ2) is 7.01. The summed E-state index contributed by atoms with van der Waals surface area (Å²) in [5.41, 5.74) is 2.06. The Balaban J connectivity index is 1.97. The van der Waals surface area contributed by atoms with Gasteiger partial charge >= 0.3 is 0 Å². The van der Waals surface area contributed by atoms with Crippen molar-refractivity contribution in [3.63, 3.8) is 0 Å². The zero-order valence-electron chi connectivity index (χ0n) is 11.4. The molecule has 0 aromatic heterocycles. The van der Waals surface area contributed by atoms with E-state index >= 15 is 0 Å². The van der Waals surface area contributed by atoms with Gasteiger partial charge in [-0.15, -0.1) is 11.6 Å². The van der Waals surface area contributed by atoms with Crippen LogP contribution < -0.4 is 9.47 Å². The molecule has 104 valence electrons. The minimum Gasteiger partial charge on any atom is -0.489 e. The third-order valence-electron chi connectivity index (χ3n) is 2.62. The third kappa shape index (κ3) is 4.32. The minimum atomic E-state index is 0.509. The summed E-state index contributed by atoms with van der Waals surface area (Å²) >= 11 is 5.75. The lowest BCUT2D eigenvalue weighted by Gasteiger charge is -2.08. The van der Waals surface area contributed by atoms with Gasteiger partial charge in [0.2, 0.25) is 0 Å².